The van der Waals surface area contributed by atoms with E-state index in [2.05, 4.69) is 10.3 Å². The van der Waals surface area contributed by atoms with Gasteiger partial charge in [-0.25, -0.2) is 4.98 Å². The summed E-state index contributed by atoms with van der Waals surface area (Å²) >= 11 is 0. The van der Waals surface area contributed by atoms with Gasteiger partial charge in [0.15, 0.2) is 11.7 Å². The Morgan fingerprint density at radius 1 is 1.07 bits per heavy atom. The molecule has 7 nitrogen and oxygen atoms in total. The number of carbonyl (C=O) groups is 1. The lowest BCUT2D eigenvalue weighted by molar-refractivity contribution is -0.116. The predicted octanol–water partition coefficient (Wildman–Crippen LogP) is 4.33. The molecule has 0 spiro atoms. The second kappa shape index (κ2) is 9.64. The molecule has 29 heavy (non-hydrogen) atoms. The minimum Gasteiger partial charge on any atom is -0.497 e. The number of amides is 1. The van der Waals surface area contributed by atoms with Crippen LogP contribution in [0, 0.1) is 0 Å². The van der Waals surface area contributed by atoms with E-state index in [1.807, 2.05) is 31.2 Å². The number of rotatable bonds is 9. The SMILES string of the molecule is CCOc1ccc(-c2cnc(CCC(=O)Nc3cc(OC)ccc3OC)o2)cc1. The highest BCUT2D eigenvalue weighted by Crippen LogP contribution is 2.29. The van der Waals surface area contributed by atoms with E-state index < -0.39 is 0 Å². The van der Waals surface area contributed by atoms with Crippen molar-refractivity contribution >= 4 is 11.6 Å². The number of anilines is 1. The summed E-state index contributed by atoms with van der Waals surface area (Å²) in [5.74, 6) is 2.99. The lowest BCUT2D eigenvalue weighted by Crippen LogP contribution is -2.13. The molecule has 152 valence electrons. The van der Waals surface area contributed by atoms with E-state index in [1.165, 1.54) is 0 Å². The van der Waals surface area contributed by atoms with Crippen molar-refractivity contribution in [3.8, 4) is 28.6 Å². The van der Waals surface area contributed by atoms with Gasteiger partial charge in [0.1, 0.15) is 17.2 Å². The molecule has 0 radical (unpaired) electrons. The van der Waals surface area contributed by atoms with Crippen LogP contribution >= 0.6 is 0 Å². The van der Waals surface area contributed by atoms with E-state index in [9.17, 15) is 4.79 Å². The Morgan fingerprint density at radius 2 is 1.83 bits per heavy atom. The fourth-order valence-electron chi connectivity index (χ4n) is 2.79. The summed E-state index contributed by atoms with van der Waals surface area (Å²) in [5.41, 5.74) is 1.46. The van der Waals surface area contributed by atoms with Crippen LogP contribution in [0.4, 0.5) is 5.69 Å². The zero-order valence-electron chi connectivity index (χ0n) is 16.7. The molecule has 0 atom stereocenters. The third-order valence-electron chi connectivity index (χ3n) is 4.25. The fourth-order valence-corrected chi connectivity index (χ4v) is 2.79. The maximum Gasteiger partial charge on any atom is 0.224 e. The molecular formula is C22H24N2O5. The monoisotopic (exact) mass is 396 g/mol. The van der Waals surface area contributed by atoms with Crippen LogP contribution in [0.3, 0.4) is 0 Å². The van der Waals surface area contributed by atoms with E-state index in [4.69, 9.17) is 18.6 Å². The molecule has 1 amide bonds. The number of benzene rings is 2. The average molecular weight is 396 g/mol. The van der Waals surface area contributed by atoms with Crippen molar-refractivity contribution in [1.82, 2.24) is 4.98 Å². The standard InChI is InChI=1S/C22H24N2O5/c1-4-28-16-7-5-15(6-8-16)20-14-23-22(29-20)12-11-21(25)24-18-13-17(26-2)9-10-19(18)27-3/h5-10,13-14H,4,11-12H2,1-3H3,(H,24,25). The van der Waals surface area contributed by atoms with Crippen molar-refractivity contribution in [1.29, 1.82) is 0 Å². The van der Waals surface area contributed by atoms with Gasteiger partial charge in [-0.15, -0.1) is 0 Å². The molecule has 1 aromatic heterocycles. The van der Waals surface area contributed by atoms with Crippen molar-refractivity contribution in [2.75, 3.05) is 26.1 Å². The van der Waals surface area contributed by atoms with Gasteiger partial charge in [0, 0.05) is 24.5 Å². The zero-order chi connectivity index (χ0) is 20.6. The first-order valence-electron chi connectivity index (χ1n) is 9.32. The van der Waals surface area contributed by atoms with Crippen LogP contribution in [-0.4, -0.2) is 31.7 Å². The van der Waals surface area contributed by atoms with Gasteiger partial charge in [-0.05, 0) is 43.3 Å². The van der Waals surface area contributed by atoms with Gasteiger partial charge in [-0.3, -0.25) is 4.79 Å². The highest BCUT2D eigenvalue weighted by atomic mass is 16.5. The molecular weight excluding hydrogens is 372 g/mol. The number of ether oxygens (including phenoxy) is 3. The second-order valence-electron chi connectivity index (χ2n) is 6.19. The number of hydrogen-bond acceptors (Lipinski definition) is 6. The molecule has 0 aliphatic rings. The van der Waals surface area contributed by atoms with Crippen LogP contribution in [0.15, 0.2) is 53.1 Å². The smallest absolute Gasteiger partial charge is 0.224 e. The molecule has 0 aliphatic carbocycles. The summed E-state index contributed by atoms with van der Waals surface area (Å²) in [4.78, 5) is 16.6. The summed E-state index contributed by atoms with van der Waals surface area (Å²) < 4.78 is 21.7. The molecule has 0 unspecified atom stereocenters. The van der Waals surface area contributed by atoms with Gasteiger partial charge in [-0.2, -0.15) is 0 Å². The predicted molar refractivity (Wildman–Crippen MR) is 110 cm³/mol. The molecule has 3 rings (SSSR count). The summed E-state index contributed by atoms with van der Waals surface area (Å²) in [6.45, 7) is 2.56. The Balaban J connectivity index is 1.59. The van der Waals surface area contributed by atoms with Crippen molar-refractivity contribution < 1.29 is 23.4 Å². The zero-order valence-corrected chi connectivity index (χ0v) is 16.7. The van der Waals surface area contributed by atoms with E-state index in [1.54, 1.807) is 38.6 Å². The topological polar surface area (TPSA) is 82.8 Å². The first-order chi connectivity index (χ1) is 14.1. The molecule has 0 saturated heterocycles. The fraction of sp³-hybridized carbons (Fsp3) is 0.273. The van der Waals surface area contributed by atoms with Crippen molar-refractivity contribution in [3.63, 3.8) is 0 Å². The number of nitrogens with zero attached hydrogens (tertiary/aromatic N) is 1. The largest absolute Gasteiger partial charge is 0.497 e. The molecule has 0 bridgehead atoms. The highest BCUT2D eigenvalue weighted by Gasteiger charge is 2.12. The summed E-state index contributed by atoms with van der Waals surface area (Å²) in [6, 6.07) is 12.8. The molecule has 3 aromatic rings. The maximum absolute atomic E-state index is 12.3. The molecule has 1 N–H and O–H groups in total. The van der Waals surface area contributed by atoms with Crippen LogP contribution in [0.25, 0.3) is 11.3 Å². The van der Waals surface area contributed by atoms with E-state index in [0.717, 1.165) is 11.3 Å². The van der Waals surface area contributed by atoms with Crippen LogP contribution in [0.5, 0.6) is 17.2 Å². The van der Waals surface area contributed by atoms with Crippen LogP contribution < -0.4 is 19.5 Å². The Labute approximate surface area is 169 Å². The molecule has 0 saturated carbocycles. The normalized spacial score (nSPS) is 10.4. The lowest BCUT2D eigenvalue weighted by atomic mass is 10.2. The van der Waals surface area contributed by atoms with Gasteiger partial charge >= 0.3 is 0 Å². The van der Waals surface area contributed by atoms with Crippen molar-refractivity contribution in [2.24, 2.45) is 0 Å². The van der Waals surface area contributed by atoms with E-state index in [0.29, 0.717) is 41.9 Å². The van der Waals surface area contributed by atoms with Gasteiger partial charge in [0.25, 0.3) is 0 Å². The van der Waals surface area contributed by atoms with Gasteiger partial charge in [-0.1, -0.05) is 0 Å². The van der Waals surface area contributed by atoms with Gasteiger partial charge in [0.05, 0.1) is 32.7 Å². The van der Waals surface area contributed by atoms with Crippen molar-refractivity contribution in [3.05, 3.63) is 54.6 Å². The quantitative estimate of drug-likeness (QED) is 0.580. The van der Waals surface area contributed by atoms with Gasteiger partial charge in [0.2, 0.25) is 5.91 Å². The van der Waals surface area contributed by atoms with E-state index >= 15 is 0 Å². The third kappa shape index (κ3) is 5.28. The number of methoxy groups -OCH3 is 2. The molecule has 0 aliphatic heterocycles. The third-order valence-corrected chi connectivity index (χ3v) is 4.25. The number of nitrogens with one attached hydrogen (secondary N) is 1. The number of aromatic nitrogens is 1. The van der Waals surface area contributed by atoms with Crippen LogP contribution in [0.2, 0.25) is 0 Å². The first-order valence-corrected chi connectivity index (χ1v) is 9.32. The molecule has 0 fully saturated rings. The second-order valence-corrected chi connectivity index (χ2v) is 6.19. The Hall–Kier alpha value is -3.48. The van der Waals surface area contributed by atoms with Crippen LogP contribution in [0.1, 0.15) is 19.2 Å². The summed E-state index contributed by atoms with van der Waals surface area (Å²) in [6.07, 6.45) is 2.27. The Bertz CT molecular complexity index is 950. The Morgan fingerprint density at radius 3 is 2.52 bits per heavy atom. The lowest BCUT2D eigenvalue weighted by Gasteiger charge is -2.11. The number of carbonyl (C=O) groups excluding carboxylic acids is 1. The molecule has 2 aromatic carbocycles. The number of hydrogen-bond donors (Lipinski definition) is 1. The maximum atomic E-state index is 12.3. The first kappa shape index (κ1) is 20.3. The van der Waals surface area contributed by atoms with E-state index in [-0.39, 0.29) is 12.3 Å². The minimum absolute atomic E-state index is 0.169. The molecule has 7 heteroatoms. The highest BCUT2D eigenvalue weighted by molar-refractivity contribution is 5.92. The summed E-state index contributed by atoms with van der Waals surface area (Å²) in [7, 11) is 3.12. The van der Waals surface area contributed by atoms with Gasteiger partial charge < -0.3 is 23.9 Å². The van der Waals surface area contributed by atoms with Crippen molar-refractivity contribution in [2.45, 2.75) is 19.8 Å². The average Bonchev–Trinajstić information content (AvgIpc) is 3.22. The summed E-state index contributed by atoms with van der Waals surface area (Å²) in [5, 5.41) is 2.84. The minimum atomic E-state index is -0.169. The Kier molecular flexibility index (Phi) is 6.73. The van der Waals surface area contributed by atoms with Crippen LogP contribution in [-0.2, 0) is 11.2 Å². The molecule has 1 heterocycles. The number of oxazole rings is 1. The number of aryl methyl sites for hydroxylation is 1.